The molecule has 172 valence electrons. The Labute approximate surface area is 189 Å². The van der Waals surface area contributed by atoms with Gasteiger partial charge >= 0.3 is 0 Å². The van der Waals surface area contributed by atoms with Gasteiger partial charge in [-0.3, -0.25) is 4.98 Å². The molecule has 0 bridgehead atoms. The van der Waals surface area contributed by atoms with Crippen molar-refractivity contribution in [3.8, 4) is 11.3 Å². The van der Waals surface area contributed by atoms with Crippen molar-refractivity contribution < 1.29 is 21.6 Å². The summed E-state index contributed by atoms with van der Waals surface area (Å²) in [7, 11) is -3.01. The second-order valence-electron chi connectivity index (χ2n) is 8.29. The molecule has 2 aromatic heterocycles. The van der Waals surface area contributed by atoms with E-state index >= 15 is 0 Å². The smallest absolute Gasteiger partial charge is 0.288 e. The average molecular weight is 474 g/mol. The molecule has 1 fully saturated rings. The maximum atomic E-state index is 15.0. The molecular formula is C24H22F3N3O2S. The van der Waals surface area contributed by atoms with E-state index < -0.39 is 22.6 Å². The van der Waals surface area contributed by atoms with Gasteiger partial charge in [0.15, 0.2) is 0 Å². The Bertz CT molecular complexity index is 1420. The fraction of sp³-hybridized carbons (Fsp3) is 0.292. The molecule has 5 nitrogen and oxygen atoms in total. The van der Waals surface area contributed by atoms with Crippen molar-refractivity contribution in [1.29, 1.82) is 0 Å². The quantitative estimate of drug-likeness (QED) is 0.411. The van der Waals surface area contributed by atoms with E-state index in [0.717, 1.165) is 9.95 Å². The van der Waals surface area contributed by atoms with Crippen LogP contribution < -0.4 is 5.32 Å². The minimum Gasteiger partial charge on any atom is -0.382 e. The number of alkyl halides is 3. The number of hydrogen-bond acceptors (Lipinski definition) is 4. The number of halogens is 3. The van der Waals surface area contributed by atoms with Gasteiger partial charge in [0.25, 0.3) is 6.43 Å². The largest absolute Gasteiger partial charge is 0.382 e. The van der Waals surface area contributed by atoms with Crippen LogP contribution in [0.2, 0.25) is 0 Å². The number of benzene rings is 2. The third-order valence-corrected chi connectivity index (χ3v) is 7.89. The van der Waals surface area contributed by atoms with E-state index in [2.05, 4.69) is 10.3 Å². The molecule has 1 aliphatic rings. The van der Waals surface area contributed by atoms with Gasteiger partial charge in [0.05, 0.1) is 28.2 Å². The number of rotatable bonds is 5. The van der Waals surface area contributed by atoms with Crippen LogP contribution in [-0.2, 0) is 9.84 Å². The molecular weight excluding hydrogens is 451 g/mol. The summed E-state index contributed by atoms with van der Waals surface area (Å²) in [5, 5.41) is 4.69. The molecule has 0 spiro atoms. The van der Waals surface area contributed by atoms with Gasteiger partial charge in [-0.25, -0.2) is 21.6 Å². The van der Waals surface area contributed by atoms with E-state index in [4.69, 9.17) is 0 Å². The molecule has 1 atom stereocenters. The highest BCUT2D eigenvalue weighted by Gasteiger charge is 2.28. The van der Waals surface area contributed by atoms with E-state index in [-0.39, 0.29) is 17.5 Å². The number of pyridine rings is 1. The van der Waals surface area contributed by atoms with Gasteiger partial charge in [-0.05, 0) is 43.2 Å². The number of nitrogens with zero attached hydrogens (tertiary/aromatic N) is 2. The van der Waals surface area contributed by atoms with Gasteiger partial charge in [-0.15, -0.1) is 0 Å². The highest BCUT2D eigenvalue weighted by molar-refractivity contribution is 7.91. The maximum Gasteiger partial charge on any atom is 0.288 e. The summed E-state index contributed by atoms with van der Waals surface area (Å²) >= 11 is 0. The minimum atomic E-state index is -3.20. The Balaban J connectivity index is 1.66. The fourth-order valence-electron chi connectivity index (χ4n) is 4.54. The predicted octanol–water partition coefficient (Wildman–Crippen LogP) is 5.58. The Kier molecular flexibility index (Phi) is 5.52. The molecule has 9 heteroatoms. The molecule has 1 aliphatic heterocycles. The van der Waals surface area contributed by atoms with Crippen molar-refractivity contribution in [3.05, 3.63) is 60.8 Å². The molecule has 3 heterocycles. The summed E-state index contributed by atoms with van der Waals surface area (Å²) in [5.41, 5.74) is 2.62. The van der Waals surface area contributed by atoms with E-state index in [1.165, 1.54) is 0 Å². The second-order valence-corrected chi connectivity index (χ2v) is 10.6. The zero-order valence-electron chi connectivity index (χ0n) is 17.6. The minimum absolute atomic E-state index is 0.0658. The molecule has 0 saturated carbocycles. The Morgan fingerprint density at radius 1 is 0.970 bits per heavy atom. The summed E-state index contributed by atoms with van der Waals surface area (Å²) in [6.45, 7) is 0. The number of nitrogens with one attached hydrogen (secondary N) is 1. The first-order valence-corrected chi connectivity index (χ1v) is 12.5. The molecule has 1 N–H and O–H groups in total. The number of hydrogen-bond donors (Lipinski definition) is 1. The molecule has 4 aromatic rings. The highest BCUT2D eigenvalue weighted by atomic mass is 32.2. The molecule has 2 aromatic carbocycles. The topological polar surface area (TPSA) is 64.0 Å². The second kappa shape index (κ2) is 8.37. The van der Waals surface area contributed by atoms with Gasteiger partial charge in [0.2, 0.25) is 6.30 Å². The fourth-order valence-corrected chi connectivity index (χ4v) is 6.03. The van der Waals surface area contributed by atoms with Gasteiger partial charge < -0.3 is 9.88 Å². The SMILES string of the molecule is O=S1(=O)CCC(Nc2cccc3c2cc(-c2ccnc4ccccc24)n3C(F)C(F)F)CC1. The lowest BCUT2D eigenvalue weighted by Crippen LogP contribution is -2.32. The number of fused-ring (bicyclic) bond motifs is 2. The summed E-state index contributed by atoms with van der Waals surface area (Å²) < 4.78 is 66.7. The molecule has 5 rings (SSSR count). The third-order valence-electron chi connectivity index (χ3n) is 6.18. The monoisotopic (exact) mass is 473 g/mol. The predicted molar refractivity (Wildman–Crippen MR) is 124 cm³/mol. The Morgan fingerprint density at radius 3 is 2.48 bits per heavy atom. The lowest BCUT2D eigenvalue weighted by molar-refractivity contribution is 0.0115. The molecule has 1 saturated heterocycles. The lowest BCUT2D eigenvalue weighted by Gasteiger charge is -2.24. The number of anilines is 1. The van der Waals surface area contributed by atoms with Gasteiger partial charge in [0.1, 0.15) is 9.84 Å². The maximum absolute atomic E-state index is 15.0. The van der Waals surface area contributed by atoms with Gasteiger partial charge in [0, 0.05) is 34.3 Å². The van der Waals surface area contributed by atoms with Crippen molar-refractivity contribution in [1.82, 2.24) is 9.55 Å². The zero-order chi connectivity index (χ0) is 23.2. The average Bonchev–Trinajstić information content (AvgIpc) is 3.19. The molecule has 0 amide bonds. The number of aromatic nitrogens is 2. The molecule has 0 aliphatic carbocycles. The summed E-state index contributed by atoms with van der Waals surface area (Å²) in [4.78, 5) is 4.32. The molecule has 1 unspecified atom stereocenters. The third kappa shape index (κ3) is 4.06. The van der Waals surface area contributed by atoms with E-state index in [1.54, 1.807) is 36.5 Å². The number of sulfone groups is 1. The van der Waals surface area contributed by atoms with Crippen LogP contribution in [0.15, 0.2) is 60.8 Å². The van der Waals surface area contributed by atoms with Crippen LogP contribution >= 0.6 is 0 Å². The summed E-state index contributed by atoms with van der Waals surface area (Å²) in [6.07, 6.45) is -3.22. The van der Waals surface area contributed by atoms with Crippen LogP contribution in [0.25, 0.3) is 33.1 Å². The highest BCUT2D eigenvalue weighted by Crippen LogP contribution is 2.39. The molecule has 33 heavy (non-hydrogen) atoms. The normalized spacial score (nSPS) is 17.6. The number of para-hydroxylation sites is 1. The van der Waals surface area contributed by atoms with Crippen LogP contribution in [0, 0.1) is 0 Å². The van der Waals surface area contributed by atoms with E-state index in [1.807, 2.05) is 24.3 Å². The Morgan fingerprint density at radius 2 is 1.73 bits per heavy atom. The van der Waals surface area contributed by atoms with Crippen molar-refractivity contribution >= 4 is 37.3 Å². The van der Waals surface area contributed by atoms with Crippen LogP contribution in [0.4, 0.5) is 18.9 Å². The lowest BCUT2D eigenvalue weighted by atomic mass is 10.1. The first kappa shape index (κ1) is 21.8. The van der Waals surface area contributed by atoms with Crippen LogP contribution in [0.1, 0.15) is 19.1 Å². The van der Waals surface area contributed by atoms with Crippen molar-refractivity contribution in [2.45, 2.75) is 31.6 Å². The van der Waals surface area contributed by atoms with Crippen molar-refractivity contribution in [3.63, 3.8) is 0 Å². The van der Waals surface area contributed by atoms with Crippen molar-refractivity contribution in [2.24, 2.45) is 0 Å². The van der Waals surface area contributed by atoms with E-state index in [0.29, 0.717) is 46.2 Å². The van der Waals surface area contributed by atoms with Crippen molar-refractivity contribution in [2.75, 3.05) is 16.8 Å². The summed E-state index contributed by atoms with van der Waals surface area (Å²) in [5.74, 6) is 0.210. The standard InChI is InChI=1S/C24H22F3N3O2S/c25-23(26)24(27)30-21-7-3-6-20(29-15-9-12-33(31,32)13-10-15)18(21)14-22(30)17-8-11-28-19-5-2-1-4-16(17)19/h1-8,11,14-15,23-24,29H,9-10,12-13H2. The Hall–Kier alpha value is -3.07. The van der Waals surface area contributed by atoms with Gasteiger partial charge in [-0.1, -0.05) is 24.3 Å². The molecule has 0 radical (unpaired) electrons. The van der Waals surface area contributed by atoms with Crippen LogP contribution in [0.3, 0.4) is 0 Å². The first-order chi connectivity index (χ1) is 15.8. The van der Waals surface area contributed by atoms with Crippen LogP contribution in [0.5, 0.6) is 0 Å². The van der Waals surface area contributed by atoms with Crippen LogP contribution in [-0.4, -0.2) is 41.9 Å². The first-order valence-electron chi connectivity index (χ1n) is 10.7. The van der Waals surface area contributed by atoms with Gasteiger partial charge in [-0.2, -0.15) is 0 Å². The summed E-state index contributed by atoms with van der Waals surface area (Å²) in [6, 6.07) is 15.8. The zero-order valence-corrected chi connectivity index (χ0v) is 18.4. The van der Waals surface area contributed by atoms with E-state index in [9.17, 15) is 21.6 Å².